The van der Waals surface area contributed by atoms with E-state index in [2.05, 4.69) is 0 Å². The van der Waals surface area contributed by atoms with E-state index >= 15 is 0 Å². The van der Waals surface area contributed by atoms with Gasteiger partial charge in [-0.25, -0.2) is 0 Å². The summed E-state index contributed by atoms with van der Waals surface area (Å²) in [6.45, 7) is 0.151. The van der Waals surface area contributed by atoms with Crippen LogP contribution in [0.25, 0.3) is 0 Å². The molecule has 1 aliphatic carbocycles. The summed E-state index contributed by atoms with van der Waals surface area (Å²) in [6, 6.07) is 15.9. The van der Waals surface area contributed by atoms with Crippen LogP contribution in [0, 0.1) is 11.8 Å². The van der Waals surface area contributed by atoms with Crippen LogP contribution in [-0.2, 0) is 25.5 Å². The van der Waals surface area contributed by atoms with Crippen LogP contribution >= 0.6 is 0 Å². The monoisotopic (exact) mass is 561 g/mol. The van der Waals surface area contributed by atoms with Crippen molar-refractivity contribution in [2.45, 2.75) is 24.5 Å². The molecule has 41 heavy (non-hydrogen) atoms. The number of nitrogens with two attached hydrogens (primary N) is 1. The van der Waals surface area contributed by atoms with Crippen molar-refractivity contribution < 1.29 is 42.7 Å². The summed E-state index contributed by atoms with van der Waals surface area (Å²) >= 11 is 0. The molecule has 0 radical (unpaired) electrons. The third-order valence-corrected chi connectivity index (χ3v) is 8.01. The van der Waals surface area contributed by atoms with E-state index in [1.54, 1.807) is 0 Å². The van der Waals surface area contributed by atoms with E-state index in [4.69, 9.17) is 38.9 Å². The summed E-state index contributed by atoms with van der Waals surface area (Å²) in [4.78, 5) is 26.7. The van der Waals surface area contributed by atoms with Gasteiger partial charge in [0.2, 0.25) is 12.5 Å². The Kier molecular flexibility index (Phi) is 7.08. The molecule has 1 saturated heterocycles. The Morgan fingerprint density at radius 2 is 1.59 bits per heavy atom. The second kappa shape index (κ2) is 10.9. The van der Waals surface area contributed by atoms with Crippen LogP contribution in [0.15, 0.2) is 54.6 Å². The van der Waals surface area contributed by atoms with E-state index in [1.165, 1.54) is 21.3 Å². The number of hydrogen-bond acceptors (Lipinski definition) is 10. The molecule has 0 bridgehead atoms. The Hall–Kier alpha value is -4.44. The quantitative estimate of drug-likeness (QED) is 0.409. The van der Waals surface area contributed by atoms with Crippen molar-refractivity contribution in [2.75, 3.05) is 34.7 Å². The zero-order chi connectivity index (χ0) is 28.7. The Morgan fingerprint density at radius 1 is 0.927 bits per heavy atom. The molecule has 10 nitrogen and oxygen atoms in total. The number of benzene rings is 3. The molecule has 2 aliphatic heterocycles. The molecule has 0 amide bonds. The molecule has 0 unspecified atom stereocenters. The van der Waals surface area contributed by atoms with Gasteiger partial charge in [-0.1, -0.05) is 30.3 Å². The normalized spacial score (nSPS) is 22.7. The highest BCUT2D eigenvalue weighted by molar-refractivity contribution is 5.80. The van der Waals surface area contributed by atoms with Crippen molar-refractivity contribution in [3.05, 3.63) is 76.9 Å². The summed E-state index contributed by atoms with van der Waals surface area (Å²) in [6.07, 6.45) is -0.471. The number of carbonyl (C=O) groups excluding carboxylic acids is 2. The first-order chi connectivity index (χ1) is 19.9. The van der Waals surface area contributed by atoms with Gasteiger partial charge < -0.3 is 38.9 Å². The standard InChI is InChI=1S/C31H31NO9/c1-35-24-10-17(11-25(36-2)29(24)37-3)26-18-12-22-23(40-15-39-22)13-19(18)28(20-14-38-31(34)27(20)26)41-30(33)21(32)9-16-7-5-4-6-8-16/h4-8,10-13,20-21,26-28H,9,14-15,32H2,1-3H3/t20-,21-,26+,27-,28-/m0/s1. The summed E-state index contributed by atoms with van der Waals surface area (Å²) in [5, 5.41) is 0. The summed E-state index contributed by atoms with van der Waals surface area (Å²) < 4.78 is 39.8. The first-order valence-corrected chi connectivity index (χ1v) is 13.3. The number of hydrogen-bond donors (Lipinski definition) is 1. The maximum absolute atomic E-state index is 13.3. The first-order valence-electron chi connectivity index (χ1n) is 13.3. The predicted octanol–water partition coefficient (Wildman–Crippen LogP) is 3.53. The molecular weight excluding hydrogens is 530 g/mol. The van der Waals surface area contributed by atoms with E-state index < -0.39 is 35.9 Å². The molecule has 5 atom stereocenters. The van der Waals surface area contributed by atoms with Crippen molar-refractivity contribution in [1.29, 1.82) is 0 Å². The second-order valence-electron chi connectivity index (χ2n) is 10.2. The fraction of sp³-hybridized carbons (Fsp3) is 0.355. The highest BCUT2D eigenvalue weighted by atomic mass is 16.7. The summed E-state index contributed by atoms with van der Waals surface area (Å²) in [7, 11) is 4.60. The van der Waals surface area contributed by atoms with Crippen molar-refractivity contribution in [1.82, 2.24) is 0 Å². The maximum atomic E-state index is 13.3. The van der Waals surface area contributed by atoms with E-state index in [0.717, 1.165) is 16.7 Å². The lowest BCUT2D eigenvalue weighted by atomic mass is 9.66. The summed E-state index contributed by atoms with van der Waals surface area (Å²) in [5.41, 5.74) is 9.41. The van der Waals surface area contributed by atoms with Crippen LogP contribution in [0.3, 0.4) is 0 Å². The van der Waals surface area contributed by atoms with E-state index in [0.29, 0.717) is 40.7 Å². The predicted molar refractivity (Wildman–Crippen MR) is 145 cm³/mol. The van der Waals surface area contributed by atoms with Gasteiger partial charge in [-0.3, -0.25) is 9.59 Å². The van der Waals surface area contributed by atoms with Gasteiger partial charge in [0.15, 0.2) is 23.0 Å². The van der Waals surface area contributed by atoms with Gasteiger partial charge in [0.1, 0.15) is 12.1 Å². The van der Waals surface area contributed by atoms with Crippen molar-refractivity contribution in [3.63, 3.8) is 0 Å². The Bertz CT molecular complexity index is 1450. The average Bonchev–Trinajstić information content (AvgIpc) is 3.62. The molecule has 214 valence electrons. The number of fused-ring (bicyclic) bond motifs is 3. The molecule has 10 heteroatoms. The Labute approximate surface area is 237 Å². The van der Waals surface area contributed by atoms with Gasteiger partial charge in [0, 0.05) is 17.4 Å². The number of cyclic esters (lactones) is 1. The second-order valence-corrected chi connectivity index (χ2v) is 10.2. The number of ether oxygens (including phenoxy) is 7. The molecule has 2 heterocycles. The van der Waals surface area contributed by atoms with Crippen molar-refractivity contribution in [3.8, 4) is 28.7 Å². The lowest BCUT2D eigenvalue weighted by molar-refractivity contribution is -0.156. The molecule has 3 aromatic rings. The zero-order valence-electron chi connectivity index (χ0n) is 23.0. The fourth-order valence-corrected chi connectivity index (χ4v) is 6.11. The Balaban J connectivity index is 1.44. The Morgan fingerprint density at radius 3 is 2.22 bits per heavy atom. The molecule has 3 aromatic carbocycles. The molecular formula is C31H31NO9. The number of rotatable bonds is 8. The molecule has 0 aromatic heterocycles. The summed E-state index contributed by atoms with van der Waals surface area (Å²) in [5.74, 6) is -0.145. The fourth-order valence-electron chi connectivity index (χ4n) is 6.11. The van der Waals surface area contributed by atoms with Crippen LogP contribution in [0.4, 0.5) is 0 Å². The smallest absolute Gasteiger partial charge is 0.323 e. The highest BCUT2D eigenvalue weighted by Crippen LogP contribution is 2.56. The van der Waals surface area contributed by atoms with Crippen LogP contribution in [0.2, 0.25) is 0 Å². The van der Waals surface area contributed by atoms with Gasteiger partial charge in [0.05, 0.1) is 33.9 Å². The number of carbonyl (C=O) groups is 2. The number of methoxy groups -OCH3 is 3. The van der Waals surface area contributed by atoms with Gasteiger partial charge >= 0.3 is 11.9 Å². The van der Waals surface area contributed by atoms with E-state index in [-0.39, 0.29) is 19.4 Å². The van der Waals surface area contributed by atoms with Gasteiger partial charge in [-0.15, -0.1) is 0 Å². The lowest BCUT2D eigenvalue weighted by Crippen LogP contribution is -2.40. The van der Waals surface area contributed by atoms with Gasteiger partial charge in [0.25, 0.3) is 0 Å². The van der Waals surface area contributed by atoms with Gasteiger partial charge in [-0.05, 0) is 47.4 Å². The third kappa shape index (κ3) is 4.67. The largest absolute Gasteiger partial charge is 0.493 e. The minimum absolute atomic E-state index is 0.0639. The molecule has 0 saturated carbocycles. The van der Waals surface area contributed by atoms with Crippen LogP contribution < -0.4 is 29.4 Å². The average molecular weight is 562 g/mol. The van der Waals surface area contributed by atoms with Gasteiger partial charge in [-0.2, -0.15) is 0 Å². The SMILES string of the molecule is COc1cc([C@@H]2c3cc4c(cc3[C@H](OC(=O)[C@@H](N)Cc3ccccc3)[C@H]3COC(=O)[C@H]23)OCO4)cc(OC)c1OC. The minimum Gasteiger partial charge on any atom is -0.493 e. The third-order valence-electron chi connectivity index (χ3n) is 8.01. The molecule has 1 fully saturated rings. The topological polar surface area (TPSA) is 125 Å². The molecule has 0 spiro atoms. The maximum Gasteiger partial charge on any atom is 0.323 e. The van der Waals surface area contributed by atoms with Crippen LogP contribution in [0.5, 0.6) is 28.7 Å². The number of esters is 2. The van der Waals surface area contributed by atoms with Crippen molar-refractivity contribution in [2.24, 2.45) is 17.6 Å². The van der Waals surface area contributed by atoms with Crippen LogP contribution in [-0.4, -0.2) is 52.7 Å². The van der Waals surface area contributed by atoms with Crippen molar-refractivity contribution >= 4 is 11.9 Å². The minimum atomic E-state index is -0.890. The highest BCUT2D eigenvalue weighted by Gasteiger charge is 2.54. The van der Waals surface area contributed by atoms with E-state index in [1.807, 2.05) is 54.6 Å². The van der Waals surface area contributed by atoms with Crippen LogP contribution in [0.1, 0.15) is 34.3 Å². The molecule has 3 aliphatic rings. The first kappa shape index (κ1) is 26.8. The zero-order valence-corrected chi connectivity index (χ0v) is 23.0. The van der Waals surface area contributed by atoms with E-state index in [9.17, 15) is 9.59 Å². The molecule has 2 N–H and O–H groups in total. The molecule has 6 rings (SSSR count). The lowest BCUT2D eigenvalue weighted by Gasteiger charge is -2.39.